The molecular weight excluding hydrogens is 246 g/mol. The molecule has 0 aromatic heterocycles. The largest absolute Gasteiger partial charge is 0.481 e. The number of aliphatic carboxylic acids is 1. The summed E-state index contributed by atoms with van der Waals surface area (Å²) in [6.45, 7) is 1.96. The van der Waals surface area contributed by atoms with Crippen LogP contribution >= 0.6 is 0 Å². The van der Waals surface area contributed by atoms with Crippen LogP contribution in [0.25, 0.3) is 0 Å². The van der Waals surface area contributed by atoms with Crippen molar-refractivity contribution < 1.29 is 19.5 Å². The van der Waals surface area contributed by atoms with Crippen LogP contribution in [0.5, 0.6) is 0 Å². The van der Waals surface area contributed by atoms with E-state index in [4.69, 9.17) is 5.11 Å². The Labute approximate surface area is 113 Å². The summed E-state index contributed by atoms with van der Waals surface area (Å²) < 4.78 is 0. The molecule has 1 heterocycles. The third-order valence-corrected chi connectivity index (χ3v) is 4.32. The summed E-state index contributed by atoms with van der Waals surface area (Å²) in [4.78, 5) is 36.8. The molecule has 0 aromatic carbocycles. The Morgan fingerprint density at radius 1 is 1.26 bits per heavy atom. The number of hydrogen-bond acceptors (Lipinski definition) is 3. The van der Waals surface area contributed by atoms with E-state index in [2.05, 4.69) is 0 Å². The van der Waals surface area contributed by atoms with E-state index < -0.39 is 11.9 Å². The summed E-state index contributed by atoms with van der Waals surface area (Å²) in [5, 5.41) is 9.15. The number of carbonyl (C=O) groups excluding carboxylic acids is 2. The number of nitrogens with zero attached hydrogens (tertiary/aromatic N) is 1. The Morgan fingerprint density at radius 3 is 2.21 bits per heavy atom. The van der Waals surface area contributed by atoms with Gasteiger partial charge in [0, 0.05) is 6.54 Å². The molecule has 0 bridgehead atoms. The van der Waals surface area contributed by atoms with Crippen LogP contribution in [-0.2, 0) is 14.4 Å². The van der Waals surface area contributed by atoms with Gasteiger partial charge in [0.05, 0.1) is 17.8 Å². The molecule has 0 aromatic rings. The van der Waals surface area contributed by atoms with Crippen LogP contribution in [0.4, 0.5) is 0 Å². The lowest BCUT2D eigenvalue weighted by atomic mass is 9.81. The van der Waals surface area contributed by atoms with E-state index in [0.717, 1.165) is 32.1 Å². The standard InChI is InChI=1S/C14H21NO4/c1-2-5-9(14(18)19)8-15-12(16)10-6-3-4-7-11(10)13(15)17/h9-11H,2-8H2,1H3,(H,18,19). The molecule has 19 heavy (non-hydrogen) atoms. The normalized spacial score (nSPS) is 28.4. The zero-order chi connectivity index (χ0) is 14.0. The molecule has 5 heteroatoms. The van der Waals surface area contributed by atoms with Crippen LogP contribution in [-0.4, -0.2) is 34.3 Å². The first-order chi connectivity index (χ1) is 9.06. The zero-order valence-corrected chi connectivity index (χ0v) is 11.3. The van der Waals surface area contributed by atoms with Gasteiger partial charge in [-0.3, -0.25) is 19.3 Å². The van der Waals surface area contributed by atoms with Crippen molar-refractivity contribution in [1.82, 2.24) is 4.90 Å². The molecule has 1 aliphatic carbocycles. The van der Waals surface area contributed by atoms with Gasteiger partial charge in [0.25, 0.3) is 0 Å². The van der Waals surface area contributed by atoms with E-state index in [0.29, 0.717) is 6.42 Å². The predicted molar refractivity (Wildman–Crippen MR) is 68.2 cm³/mol. The third kappa shape index (κ3) is 2.65. The van der Waals surface area contributed by atoms with Crippen LogP contribution in [0.15, 0.2) is 0 Å². The lowest BCUT2D eigenvalue weighted by Crippen LogP contribution is -2.38. The van der Waals surface area contributed by atoms with E-state index in [1.165, 1.54) is 4.90 Å². The molecule has 2 rings (SSSR count). The Bertz CT molecular complexity index is 369. The molecule has 0 spiro atoms. The summed E-state index contributed by atoms with van der Waals surface area (Å²) in [6.07, 6.45) is 4.77. The van der Waals surface area contributed by atoms with Crippen molar-refractivity contribution in [2.75, 3.05) is 6.54 Å². The number of fused-ring (bicyclic) bond motifs is 1. The van der Waals surface area contributed by atoms with Crippen LogP contribution in [0.2, 0.25) is 0 Å². The van der Waals surface area contributed by atoms with E-state index >= 15 is 0 Å². The maximum atomic E-state index is 12.2. The van der Waals surface area contributed by atoms with E-state index in [9.17, 15) is 14.4 Å². The average Bonchev–Trinajstić information content (AvgIpc) is 2.63. The van der Waals surface area contributed by atoms with Crippen molar-refractivity contribution in [2.45, 2.75) is 45.4 Å². The lowest BCUT2D eigenvalue weighted by Gasteiger charge is -2.19. The first-order valence-electron chi connectivity index (χ1n) is 7.14. The summed E-state index contributed by atoms with van der Waals surface area (Å²) in [5.41, 5.74) is 0. The number of amides is 2. The molecule has 0 radical (unpaired) electrons. The van der Waals surface area contributed by atoms with Crippen molar-refractivity contribution in [3.63, 3.8) is 0 Å². The van der Waals surface area contributed by atoms with Gasteiger partial charge in [0.1, 0.15) is 0 Å². The summed E-state index contributed by atoms with van der Waals surface area (Å²) in [6, 6.07) is 0. The maximum absolute atomic E-state index is 12.2. The minimum absolute atomic E-state index is 0.0494. The smallest absolute Gasteiger partial charge is 0.308 e. The van der Waals surface area contributed by atoms with Gasteiger partial charge in [0.2, 0.25) is 11.8 Å². The number of carboxylic acid groups (broad SMARTS) is 1. The predicted octanol–water partition coefficient (Wildman–Crippen LogP) is 1.66. The van der Waals surface area contributed by atoms with Crippen LogP contribution in [0.3, 0.4) is 0 Å². The van der Waals surface area contributed by atoms with Crippen molar-refractivity contribution in [1.29, 1.82) is 0 Å². The summed E-state index contributed by atoms with van der Waals surface area (Å²) in [5.74, 6) is -2.20. The number of imide groups is 1. The number of hydrogen-bond donors (Lipinski definition) is 1. The fourth-order valence-electron chi connectivity index (χ4n) is 3.27. The van der Waals surface area contributed by atoms with Crippen LogP contribution < -0.4 is 0 Å². The van der Waals surface area contributed by atoms with Gasteiger partial charge in [-0.2, -0.15) is 0 Å². The highest BCUT2D eigenvalue weighted by atomic mass is 16.4. The molecule has 3 atom stereocenters. The Hall–Kier alpha value is -1.39. The van der Waals surface area contributed by atoms with Gasteiger partial charge in [-0.15, -0.1) is 0 Å². The topological polar surface area (TPSA) is 74.7 Å². The molecule has 1 saturated heterocycles. The molecule has 1 saturated carbocycles. The molecule has 5 nitrogen and oxygen atoms in total. The van der Waals surface area contributed by atoms with Crippen molar-refractivity contribution in [3.8, 4) is 0 Å². The number of rotatable bonds is 5. The minimum atomic E-state index is -0.919. The van der Waals surface area contributed by atoms with Crippen molar-refractivity contribution in [3.05, 3.63) is 0 Å². The highest BCUT2D eigenvalue weighted by molar-refractivity contribution is 6.05. The highest BCUT2D eigenvalue weighted by Crippen LogP contribution is 2.38. The monoisotopic (exact) mass is 267 g/mol. The number of carbonyl (C=O) groups is 3. The van der Waals surface area contributed by atoms with Gasteiger partial charge in [-0.05, 0) is 19.3 Å². The van der Waals surface area contributed by atoms with Gasteiger partial charge in [-0.25, -0.2) is 0 Å². The van der Waals surface area contributed by atoms with E-state index in [1.54, 1.807) is 0 Å². The van der Waals surface area contributed by atoms with E-state index in [1.807, 2.05) is 6.92 Å². The Balaban J connectivity index is 2.09. The van der Waals surface area contributed by atoms with Gasteiger partial charge in [-0.1, -0.05) is 26.2 Å². The Morgan fingerprint density at radius 2 is 1.79 bits per heavy atom. The minimum Gasteiger partial charge on any atom is -0.481 e. The van der Waals surface area contributed by atoms with Gasteiger partial charge in [0.15, 0.2) is 0 Å². The van der Waals surface area contributed by atoms with Gasteiger partial charge >= 0.3 is 5.97 Å². The molecule has 106 valence electrons. The summed E-state index contributed by atoms with van der Waals surface area (Å²) in [7, 11) is 0. The Kier molecular flexibility index (Phi) is 4.22. The molecule has 2 fully saturated rings. The highest BCUT2D eigenvalue weighted by Gasteiger charge is 2.48. The quantitative estimate of drug-likeness (QED) is 0.769. The molecule has 1 aliphatic heterocycles. The second-order valence-electron chi connectivity index (χ2n) is 5.61. The fourth-order valence-corrected chi connectivity index (χ4v) is 3.27. The molecule has 2 amide bonds. The molecule has 2 aliphatic rings. The first-order valence-corrected chi connectivity index (χ1v) is 7.14. The van der Waals surface area contributed by atoms with Crippen molar-refractivity contribution >= 4 is 17.8 Å². The van der Waals surface area contributed by atoms with E-state index in [-0.39, 0.29) is 30.2 Å². The molecule has 1 N–H and O–H groups in total. The zero-order valence-electron chi connectivity index (χ0n) is 11.3. The second-order valence-corrected chi connectivity index (χ2v) is 5.61. The summed E-state index contributed by atoms with van der Waals surface area (Å²) >= 11 is 0. The number of carboxylic acids is 1. The number of likely N-dealkylation sites (tertiary alicyclic amines) is 1. The average molecular weight is 267 g/mol. The van der Waals surface area contributed by atoms with Crippen molar-refractivity contribution in [2.24, 2.45) is 17.8 Å². The molecule has 3 unspecified atom stereocenters. The maximum Gasteiger partial charge on any atom is 0.308 e. The second kappa shape index (κ2) is 5.72. The first kappa shape index (κ1) is 14.0. The SMILES string of the molecule is CCCC(CN1C(=O)C2CCCCC2C1=O)C(=O)O. The van der Waals surface area contributed by atoms with Gasteiger partial charge < -0.3 is 5.11 Å². The lowest BCUT2D eigenvalue weighted by molar-refractivity contribution is -0.146. The third-order valence-electron chi connectivity index (χ3n) is 4.32. The molecular formula is C14H21NO4. The van der Waals surface area contributed by atoms with Crippen LogP contribution in [0, 0.1) is 17.8 Å². The fraction of sp³-hybridized carbons (Fsp3) is 0.786. The van der Waals surface area contributed by atoms with Crippen LogP contribution in [0.1, 0.15) is 45.4 Å².